The van der Waals surface area contributed by atoms with Crippen molar-refractivity contribution in [2.45, 2.75) is 13.5 Å². The molecule has 2 rings (SSSR count). The monoisotopic (exact) mass is 260 g/mol. The van der Waals surface area contributed by atoms with Crippen LogP contribution < -0.4 is 11.5 Å². The Morgan fingerprint density at radius 3 is 2.47 bits per heavy atom. The van der Waals surface area contributed by atoms with Gasteiger partial charge in [0.15, 0.2) is 5.82 Å². The Labute approximate surface area is 110 Å². The summed E-state index contributed by atoms with van der Waals surface area (Å²) in [5.74, 6) is 1.09. The molecule has 1 heterocycles. The van der Waals surface area contributed by atoms with E-state index >= 15 is 0 Å². The third-order valence-electron chi connectivity index (χ3n) is 2.59. The number of H-pyrrole nitrogens is 1. The number of carbonyl (C=O) groups excluding carboxylic acids is 1. The van der Waals surface area contributed by atoms with E-state index in [0.717, 1.165) is 0 Å². The summed E-state index contributed by atoms with van der Waals surface area (Å²) in [5, 5.41) is 6.72. The first-order valence-corrected chi connectivity index (χ1v) is 5.75. The second-order valence-corrected chi connectivity index (χ2v) is 4.39. The summed E-state index contributed by atoms with van der Waals surface area (Å²) >= 11 is 0. The van der Waals surface area contributed by atoms with Gasteiger partial charge in [0.05, 0.1) is 6.54 Å². The first-order valence-electron chi connectivity index (χ1n) is 5.75. The third kappa shape index (κ3) is 3.01. The Morgan fingerprint density at radius 1 is 1.32 bits per heavy atom. The molecule has 0 saturated carbocycles. The Bertz CT molecular complexity index is 586. The average Bonchev–Trinajstić information content (AvgIpc) is 2.72. The first-order chi connectivity index (χ1) is 8.95. The highest BCUT2D eigenvalue weighted by atomic mass is 16.2. The predicted octanol–water partition coefficient (Wildman–Crippen LogP) is 0.550. The van der Waals surface area contributed by atoms with Gasteiger partial charge in [-0.15, -0.1) is 0 Å². The van der Waals surface area contributed by atoms with Gasteiger partial charge in [-0.25, -0.2) is 4.98 Å². The van der Waals surface area contributed by atoms with Crippen molar-refractivity contribution < 1.29 is 4.79 Å². The zero-order valence-corrected chi connectivity index (χ0v) is 10.8. The standard InChI is InChI=1S/C12H16N6O/c1-7-15-11(17-16-7)6-18(2)12(19)8-3-9(13)5-10(14)4-8/h3-5H,6,13-14H2,1-2H3,(H,15,16,17). The molecule has 0 saturated heterocycles. The Hall–Kier alpha value is -2.57. The molecule has 0 radical (unpaired) electrons. The van der Waals surface area contributed by atoms with Gasteiger partial charge in [0.25, 0.3) is 5.91 Å². The van der Waals surface area contributed by atoms with Crippen molar-refractivity contribution in [2.24, 2.45) is 0 Å². The maximum Gasteiger partial charge on any atom is 0.254 e. The predicted molar refractivity (Wildman–Crippen MR) is 72.2 cm³/mol. The van der Waals surface area contributed by atoms with Gasteiger partial charge in [-0.1, -0.05) is 0 Å². The lowest BCUT2D eigenvalue weighted by atomic mass is 10.1. The molecule has 19 heavy (non-hydrogen) atoms. The molecule has 1 aromatic heterocycles. The van der Waals surface area contributed by atoms with Crippen LogP contribution in [-0.4, -0.2) is 33.0 Å². The number of aromatic amines is 1. The third-order valence-corrected chi connectivity index (χ3v) is 2.59. The minimum atomic E-state index is -0.179. The number of carbonyl (C=O) groups is 1. The summed E-state index contributed by atoms with van der Waals surface area (Å²) < 4.78 is 0. The molecule has 0 bridgehead atoms. The number of nitrogens with two attached hydrogens (primary N) is 2. The van der Waals surface area contributed by atoms with Gasteiger partial charge in [-0.05, 0) is 25.1 Å². The molecule has 100 valence electrons. The number of nitrogens with zero attached hydrogens (tertiary/aromatic N) is 3. The van der Waals surface area contributed by atoms with E-state index < -0.39 is 0 Å². The molecule has 0 aliphatic heterocycles. The lowest BCUT2D eigenvalue weighted by Crippen LogP contribution is -2.27. The van der Waals surface area contributed by atoms with Crippen LogP contribution in [0.1, 0.15) is 22.0 Å². The SMILES string of the molecule is Cc1nc(CN(C)C(=O)c2cc(N)cc(N)c2)n[nH]1. The molecule has 7 heteroatoms. The quantitative estimate of drug-likeness (QED) is 0.697. The number of hydrogen-bond donors (Lipinski definition) is 3. The van der Waals surface area contributed by atoms with E-state index in [1.807, 2.05) is 0 Å². The van der Waals surface area contributed by atoms with E-state index in [0.29, 0.717) is 35.1 Å². The molecule has 0 spiro atoms. The number of amides is 1. The smallest absolute Gasteiger partial charge is 0.254 e. The highest BCUT2D eigenvalue weighted by molar-refractivity contribution is 5.95. The van der Waals surface area contributed by atoms with Gasteiger partial charge in [0, 0.05) is 24.0 Å². The summed E-state index contributed by atoms with van der Waals surface area (Å²) in [4.78, 5) is 17.9. The molecule has 1 aromatic carbocycles. The highest BCUT2D eigenvalue weighted by Crippen LogP contribution is 2.15. The second-order valence-electron chi connectivity index (χ2n) is 4.39. The maximum absolute atomic E-state index is 12.2. The van der Waals surface area contributed by atoms with Gasteiger partial charge < -0.3 is 16.4 Å². The lowest BCUT2D eigenvalue weighted by molar-refractivity contribution is 0.0782. The van der Waals surface area contributed by atoms with Gasteiger partial charge in [0.1, 0.15) is 5.82 Å². The zero-order chi connectivity index (χ0) is 14.0. The molecular formula is C12H16N6O. The molecular weight excluding hydrogens is 244 g/mol. The van der Waals surface area contributed by atoms with Crippen LogP contribution >= 0.6 is 0 Å². The van der Waals surface area contributed by atoms with Gasteiger partial charge in [0.2, 0.25) is 0 Å². The number of rotatable bonds is 3. The number of hydrogen-bond acceptors (Lipinski definition) is 5. The number of aryl methyl sites for hydroxylation is 1. The van der Waals surface area contributed by atoms with Crippen LogP contribution in [0.3, 0.4) is 0 Å². The highest BCUT2D eigenvalue weighted by Gasteiger charge is 2.14. The number of anilines is 2. The average molecular weight is 260 g/mol. The van der Waals surface area contributed by atoms with Crippen LogP contribution in [0.2, 0.25) is 0 Å². The summed E-state index contributed by atoms with van der Waals surface area (Å²) in [6.07, 6.45) is 0. The van der Waals surface area contributed by atoms with Crippen molar-refractivity contribution in [1.29, 1.82) is 0 Å². The number of nitrogen functional groups attached to an aromatic ring is 2. The van der Waals surface area contributed by atoms with Crippen LogP contribution in [0, 0.1) is 6.92 Å². The molecule has 0 aliphatic rings. The van der Waals surface area contributed by atoms with Crippen molar-refractivity contribution >= 4 is 17.3 Å². The molecule has 0 unspecified atom stereocenters. The van der Waals surface area contributed by atoms with Crippen LogP contribution in [-0.2, 0) is 6.54 Å². The normalized spacial score (nSPS) is 10.4. The van der Waals surface area contributed by atoms with Gasteiger partial charge in [-0.2, -0.15) is 5.10 Å². The topological polar surface area (TPSA) is 114 Å². The second kappa shape index (κ2) is 4.97. The van der Waals surface area contributed by atoms with E-state index in [4.69, 9.17) is 11.5 Å². The Kier molecular flexibility index (Phi) is 3.37. The van der Waals surface area contributed by atoms with Crippen molar-refractivity contribution in [1.82, 2.24) is 20.1 Å². The van der Waals surface area contributed by atoms with E-state index in [2.05, 4.69) is 15.2 Å². The Balaban J connectivity index is 2.14. The summed E-state index contributed by atoms with van der Waals surface area (Å²) in [5.41, 5.74) is 12.7. The Morgan fingerprint density at radius 2 is 1.95 bits per heavy atom. The largest absolute Gasteiger partial charge is 0.399 e. The van der Waals surface area contributed by atoms with Crippen LogP contribution in [0.4, 0.5) is 11.4 Å². The van der Waals surface area contributed by atoms with Crippen LogP contribution in [0.5, 0.6) is 0 Å². The van der Waals surface area contributed by atoms with Crippen molar-refractivity contribution in [3.63, 3.8) is 0 Å². The van der Waals surface area contributed by atoms with Crippen LogP contribution in [0.25, 0.3) is 0 Å². The van der Waals surface area contributed by atoms with E-state index in [9.17, 15) is 4.79 Å². The fourth-order valence-electron chi connectivity index (χ4n) is 1.76. The fourth-order valence-corrected chi connectivity index (χ4v) is 1.76. The van der Waals surface area contributed by atoms with Gasteiger partial charge >= 0.3 is 0 Å². The molecule has 7 nitrogen and oxygen atoms in total. The zero-order valence-electron chi connectivity index (χ0n) is 10.8. The van der Waals surface area contributed by atoms with Gasteiger partial charge in [-0.3, -0.25) is 9.89 Å². The molecule has 2 aromatic rings. The minimum Gasteiger partial charge on any atom is -0.399 e. The summed E-state index contributed by atoms with van der Waals surface area (Å²) in [6, 6.07) is 4.80. The molecule has 1 amide bonds. The number of benzene rings is 1. The van der Waals surface area contributed by atoms with E-state index in [1.54, 1.807) is 32.2 Å². The van der Waals surface area contributed by atoms with Crippen molar-refractivity contribution in [2.75, 3.05) is 18.5 Å². The van der Waals surface area contributed by atoms with Crippen molar-refractivity contribution in [3.8, 4) is 0 Å². The van der Waals surface area contributed by atoms with E-state index in [1.165, 1.54) is 4.90 Å². The molecule has 0 aliphatic carbocycles. The lowest BCUT2D eigenvalue weighted by Gasteiger charge is -2.15. The number of nitrogens with one attached hydrogen (secondary N) is 1. The number of aromatic nitrogens is 3. The minimum absolute atomic E-state index is 0.179. The molecule has 5 N–H and O–H groups in total. The van der Waals surface area contributed by atoms with E-state index in [-0.39, 0.29) is 5.91 Å². The van der Waals surface area contributed by atoms with Crippen molar-refractivity contribution in [3.05, 3.63) is 35.4 Å². The van der Waals surface area contributed by atoms with Crippen LogP contribution in [0.15, 0.2) is 18.2 Å². The fraction of sp³-hybridized carbons (Fsp3) is 0.250. The molecule has 0 atom stereocenters. The molecule has 0 fully saturated rings. The summed E-state index contributed by atoms with van der Waals surface area (Å²) in [7, 11) is 1.67. The summed E-state index contributed by atoms with van der Waals surface area (Å²) in [6.45, 7) is 2.12. The maximum atomic E-state index is 12.2. The first kappa shape index (κ1) is 12.9.